The van der Waals surface area contributed by atoms with Gasteiger partial charge in [0.1, 0.15) is 12.4 Å². The van der Waals surface area contributed by atoms with Crippen molar-refractivity contribution in [3.63, 3.8) is 0 Å². The summed E-state index contributed by atoms with van der Waals surface area (Å²) < 4.78 is 5.46. The van der Waals surface area contributed by atoms with E-state index in [2.05, 4.69) is 5.32 Å². The van der Waals surface area contributed by atoms with Gasteiger partial charge in [-0.25, -0.2) is 0 Å². The van der Waals surface area contributed by atoms with Gasteiger partial charge in [0.2, 0.25) is 0 Å². The lowest BCUT2D eigenvalue weighted by atomic mass is 10.2. The Morgan fingerprint density at radius 1 is 1.05 bits per heavy atom. The fourth-order valence-electron chi connectivity index (χ4n) is 1.87. The molecule has 0 aromatic heterocycles. The third-order valence-electron chi connectivity index (χ3n) is 2.79. The van der Waals surface area contributed by atoms with E-state index in [1.165, 1.54) is 0 Å². The fourth-order valence-corrected chi connectivity index (χ4v) is 1.87. The molecule has 0 fully saturated rings. The highest BCUT2D eigenvalue weighted by Gasteiger charge is 2.04. The molecule has 0 radical (unpaired) electrons. The molecule has 20 heavy (non-hydrogen) atoms. The summed E-state index contributed by atoms with van der Waals surface area (Å²) in [5.41, 5.74) is 14.8. The van der Waals surface area contributed by atoms with Crippen LogP contribution in [-0.2, 0) is 6.54 Å². The van der Waals surface area contributed by atoms with E-state index >= 15 is 0 Å². The molecule has 0 atom stereocenters. The van der Waals surface area contributed by atoms with Crippen LogP contribution in [-0.4, -0.2) is 18.3 Å². The van der Waals surface area contributed by atoms with Crippen molar-refractivity contribution in [3.05, 3.63) is 48.0 Å². The predicted molar refractivity (Wildman–Crippen MR) is 81.6 cm³/mol. The number of anilines is 3. The lowest BCUT2D eigenvalue weighted by Crippen LogP contribution is -2.06. The van der Waals surface area contributed by atoms with Gasteiger partial charge in [-0.2, -0.15) is 0 Å². The molecule has 0 bridgehead atoms. The third kappa shape index (κ3) is 3.80. The lowest BCUT2D eigenvalue weighted by molar-refractivity contribution is 0.202. The summed E-state index contributed by atoms with van der Waals surface area (Å²) in [4.78, 5) is 0. The van der Waals surface area contributed by atoms with E-state index < -0.39 is 0 Å². The zero-order chi connectivity index (χ0) is 14.4. The highest BCUT2D eigenvalue weighted by Crippen LogP contribution is 2.27. The second-order valence-electron chi connectivity index (χ2n) is 4.43. The average molecular weight is 273 g/mol. The summed E-state index contributed by atoms with van der Waals surface area (Å²) in [6, 6.07) is 13.0. The molecular weight excluding hydrogens is 254 g/mol. The number of hydrogen-bond acceptors (Lipinski definition) is 5. The van der Waals surface area contributed by atoms with Crippen LogP contribution in [0.4, 0.5) is 17.1 Å². The minimum Gasteiger partial charge on any atom is -0.489 e. The normalized spacial score (nSPS) is 10.2. The summed E-state index contributed by atoms with van der Waals surface area (Å²) in [5.74, 6) is 0.664. The third-order valence-corrected chi connectivity index (χ3v) is 2.79. The predicted octanol–water partition coefficient (Wildman–Crippen LogP) is 1.83. The van der Waals surface area contributed by atoms with Crippen molar-refractivity contribution < 1.29 is 9.84 Å². The van der Waals surface area contributed by atoms with Crippen LogP contribution in [0.15, 0.2) is 42.5 Å². The minimum atomic E-state index is -0.0287. The summed E-state index contributed by atoms with van der Waals surface area (Å²) in [7, 11) is 0. The molecule has 2 aromatic rings. The van der Waals surface area contributed by atoms with Gasteiger partial charge < -0.3 is 26.6 Å². The Kier molecular flexibility index (Phi) is 4.68. The van der Waals surface area contributed by atoms with Crippen LogP contribution in [0.1, 0.15) is 5.56 Å². The van der Waals surface area contributed by atoms with Gasteiger partial charge in [-0.3, -0.25) is 0 Å². The van der Waals surface area contributed by atoms with Crippen molar-refractivity contribution in [1.82, 2.24) is 0 Å². The number of benzene rings is 2. The number of hydrogen-bond donors (Lipinski definition) is 4. The van der Waals surface area contributed by atoms with Gasteiger partial charge in [0.15, 0.2) is 0 Å². The number of nitrogens with one attached hydrogen (secondary N) is 1. The van der Waals surface area contributed by atoms with E-state index in [1.54, 1.807) is 18.2 Å². The minimum absolute atomic E-state index is 0.0287. The molecule has 0 amide bonds. The van der Waals surface area contributed by atoms with Gasteiger partial charge in [0.05, 0.1) is 12.3 Å². The largest absolute Gasteiger partial charge is 0.489 e. The molecule has 0 saturated carbocycles. The Morgan fingerprint density at radius 2 is 1.85 bits per heavy atom. The van der Waals surface area contributed by atoms with Crippen LogP contribution in [0.5, 0.6) is 5.75 Å². The van der Waals surface area contributed by atoms with Gasteiger partial charge >= 0.3 is 0 Å². The molecule has 0 aliphatic carbocycles. The van der Waals surface area contributed by atoms with E-state index in [0.717, 1.165) is 16.9 Å². The summed E-state index contributed by atoms with van der Waals surface area (Å²) in [6.45, 7) is 0.833. The molecule has 0 unspecified atom stereocenters. The molecule has 2 aromatic carbocycles. The van der Waals surface area contributed by atoms with E-state index in [9.17, 15) is 0 Å². The summed E-state index contributed by atoms with van der Waals surface area (Å²) >= 11 is 0. The van der Waals surface area contributed by atoms with Crippen LogP contribution in [0.2, 0.25) is 0 Å². The van der Waals surface area contributed by atoms with Crippen molar-refractivity contribution in [2.24, 2.45) is 0 Å². The van der Waals surface area contributed by atoms with Crippen LogP contribution in [0.25, 0.3) is 0 Å². The van der Waals surface area contributed by atoms with Crippen molar-refractivity contribution in [2.45, 2.75) is 6.54 Å². The lowest BCUT2D eigenvalue weighted by Gasteiger charge is -2.13. The standard InChI is InChI=1S/C15H19N3O2/c16-12-3-1-2-11(8-12)10-18-14-9-13(17)4-5-15(14)20-7-6-19/h1-5,8-9,18-19H,6-7,10,16-17H2. The van der Waals surface area contributed by atoms with E-state index in [-0.39, 0.29) is 13.2 Å². The Labute approximate surface area is 118 Å². The second kappa shape index (κ2) is 6.68. The first-order valence-corrected chi connectivity index (χ1v) is 6.40. The zero-order valence-corrected chi connectivity index (χ0v) is 11.2. The van der Waals surface area contributed by atoms with Gasteiger partial charge in [0.25, 0.3) is 0 Å². The molecule has 106 valence electrons. The first-order valence-electron chi connectivity index (χ1n) is 6.40. The van der Waals surface area contributed by atoms with Crippen LogP contribution in [0.3, 0.4) is 0 Å². The fraction of sp³-hybridized carbons (Fsp3) is 0.200. The first-order chi connectivity index (χ1) is 9.69. The summed E-state index contributed by atoms with van der Waals surface area (Å²) in [6.07, 6.45) is 0. The molecule has 6 N–H and O–H groups in total. The second-order valence-corrected chi connectivity index (χ2v) is 4.43. The number of aliphatic hydroxyl groups excluding tert-OH is 1. The molecule has 0 aliphatic rings. The molecule has 2 rings (SSSR count). The van der Waals surface area contributed by atoms with Crippen LogP contribution < -0.4 is 21.5 Å². The number of ether oxygens (including phenoxy) is 1. The Balaban J connectivity index is 2.09. The average Bonchev–Trinajstić information content (AvgIpc) is 2.44. The molecule has 0 spiro atoms. The molecule has 0 aliphatic heterocycles. The van der Waals surface area contributed by atoms with Crippen LogP contribution in [0, 0.1) is 0 Å². The van der Waals surface area contributed by atoms with Crippen LogP contribution >= 0.6 is 0 Å². The van der Waals surface area contributed by atoms with Gasteiger partial charge in [-0.1, -0.05) is 12.1 Å². The Morgan fingerprint density at radius 3 is 2.60 bits per heavy atom. The number of nitrogen functional groups attached to an aromatic ring is 2. The first kappa shape index (κ1) is 14.0. The number of aliphatic hydroxyl groups is 1. The molecule has 0 heterocycles. The van der Waals surface area contributed by atoms with Gasteiger partial charge in [-0.05, 0) is 35.9 Å². The van der Waals surface area contributed by atoms with E-state index in [1.807, 2.05) is 24.3 Å². The highest BCUT2D eigenvalue weighted by atomic mass is 16.5. The molecular formula is C15H19N3O2. The summed E-state index contributed by atoms with van der Waals surface area (Å²) in [5, 5.41) is 12.1. The van der Waals surface area contributed by atoms with E-state index in [0.29, 0.717) is 18.0 Å². The van der Waals surface area contributed by atoms with Crippen molar-refractivity contribution >= 4 is 17.1 Å². The zero-order valence-electron chi connectivity index (χ0n) is 11.2. The number of nitrogens with two attached hydrogens (primary N) is 2. The van der Waals surface area contributed by atoms with Crippen molar-refractivity contribution in [2.75, 3.05) is 30.0 Å². The maximum Gasteiger partial charge on any atom is 0.142 e. The van der Waals surface area contributed by atoms with Crippen molar-refractivity contribution in [1.29, 1.82) is 0 Å². The SMILES string of the molecule is Nc1cccc(CNc2cc(N)ccc2OCCO)c1. The maximum absolute atomic E-state index is 8.83. The number of rotatable bonds is 6. The van der Waals surface area contributed by atoms with E-state index in [4.69, 9.17) is 21.3 Å². The highest BCUT2D eigenvalue weighted by molar-refractivity contribution is 5.63. The Hall–Kier alpha value is -2.40. The monoisotopic (exact) mass is 273 g/mol. The van der Waals surface area contributed by atoms with Gasteiger partial charge in [-0.15, -0.1) is 0 Å². The van der Waals surface area contributed by atoms with Gasteiger partial charge in [0, 0.05) is 17.9 Å². The van der Waals surface area contributed by atoms with Crippen molar-refractivity contribution in [3.8, 4) is 5.75 Å². The molecule has 5 heteroatoms. The molecule has 0 saturated heterocycles. The topological polar surface area (TPSA) is 93.5 Å². The smallest absolute Gasteiger partial charge is 0.142 e. The quantitative estimate of drug-likeness (QED) is 0.602. The molecule has 5 nitrogen and oxygen atoms in total. The maximum atomic E-state index is 8.83. The Bertz CT molecular complexity index is 573.